The molecule has 0 aliphatic heterocycles. The van der Waals surface area contributed by atoms with Crippen LogP contribution < -0.4 is 5.32 Å². The highest BCUT2D eigenvalue weighted by Gasteiger charge is 2.18. The third-order valence-corrected chi connectivity index (χ3v) is 3.71. The van der Waals surface area contributed by atoms with Gasteiger partial charge in [0, 0.05) is 0 Å². The highest BCUT2D eigenvalue weighted by atomic mass is 35.5. The molecule has 0 aliphatic carbocycles. The van der Waals surface area contributed by atoms with Crippen molar-refractivity contribution in [1.82, 2.24) is 14.6 Å². The molecule has 2 heterocycles. The first-order valence-corrected chi connectivity index (χ1v) is 7.01. The fourth-order valence-corrected chi connectivity index (χ4v) is 2.75. The lowest BCUT2D eigenvalue weighted by molar-refractivity contribution is 0.102. The molecule has 0 bridgehead atoms. The van der Waals surface area contributed by atoms with Crippen molar-refractivity contribution in [3.05, 3.63) is 32.5 Å². The standard InChI is InChI=1S/C11H10Cl2N4OS/c1-3-6-9(19-17-16-6)11(18)15-8-5(2)4-7(12)14-10(8)13/h4H,3H2,1-2H3,(H,15,18). The van der Waals surface area contributed by atoms with Gasteiger partial charge in [-0.2, -0.15) is 0 Å². The largest absolute Gasteiger partial charge is 0.318 e. The highest BCUT2D eigenvalue weighted by Crippen LogP contribution is 2.27. The van der Waals surface area contributed by atoms with Crippen molar-refractivity contribution in [2.45, 2.75) is 20.3 Å². The number of pyridine rings is 1. The second kappa shape index (κ2) is 5.81. The Morgan fingerprint density at radius 2 is 2.21 bits per heavy atom. The molecule has 1 amide bonds. The van der Waals surface area contributed by atoms with E-state index in [-0.39, 0.29) is 16.2 Å². The Labute approximate surface area is 124 Å². The number of hydrogen-bond donors (Lipinski definition) is 1. The summed E-state index contributed by atoms with van der Waals surface area (Å²) in [6.45, 7) is 3.70. The normalized spacial score (nSPS) is 10.5. The fraction of sp³-hybridized carbons (Fsp3) is 0.273. The lowest BCUT2D eigenvalue weighted by Gasteiger charge is -2.09. The van der Waals surface area contributed by atoms with E-state index in [9.17, 15) is 4.79 Å². The first-order chi connectivity index (χ1) is 9.02. The Morgan fingerprint density at radius 1 is 1.47 bits per heavy atom. The predicted molar refractivity (Wildman–Crippen MR) is 76.2 cm³/mol. The molecule has 0 spiro atoms. The van der Waals surface area contributed by atoms with E-state index in [0.717, 1.165) is 17.1 Å². The van der Waals surface area contributed by atoms with Gasteiger partial charge in [-0.25, -0.2) is 4.98 Å². The predicted octanol–water partition coefficient (Wildman–Crippen LogP) is 3.36. The molecule has 0 fully saturated rings. The number of carbonyl (C=O) groups is 1. The quantitative estimate of drug-likeness (QED) is 0.881. The summed E-state index contributed by atoms with van der Waals surface area (Å²) >= 11 is 12.8. The number of aryl methyl sites for hydroxylation is 2. The third-order valence-electron chi connectivity index (χ3n) is 2.48. The van der Waals surface area contributed by atoms with Crippen LogP contribution >= 0.6 is 34.7 Å². The summed E-state index contributed by atoms with van der Waals surface area (Å²) in [6.07, 6.45) is 0.644. The fourth-order valence-electron chi connectivity index (χ4n) is 1.53. The van der Waals surface area contributed by atoms with E-state index in [1.807, 2.05) is 6.92 Å². The minimum absolute atomic E-state index is 0.161. The molecule has 8 heteroatoms. The highest BCUT2D eigenvalue weighted by molar-refractivity contribution is 7.08. The zero-order valence-electron chi connectivity index (χ0n) is 10.2. The molecular formula is C11H10Cl2N4OS. The van der Waals surface area contributed by atoms with Crippen molar-refractivity contribution in [1.29, 1.82) is 0 Å². The number of aromatic nitrogens is 3. The summed E-state index contributed by atoms with van der Waals surface area (Å²) in [5, 5.41) is 7.06. The zero-order valence-corrected chi connectivity index (χ0v) is 12.5. The number of anilines is 1. The second-order valence-electron chi connectivity index (χ2n) is 3.78. The third kappa shape index (κ3) is 3.02. The van der Waals surface area contributed by atoms with Gasteiger partial charge < -0.3 is 5.32 Å². The van der Waals surface area contributed by atoms with E-state index in [2.05, 4.69) is 19.9 Å². The zero-order chi connectivity index (χ0) is 14.0. The summed E-state index contributed by atoms with van der Waals surface area (Å²) < 4.78 is 3.78. The van der Waals surface area contributed by atoms with Crippen molar-refractivity contribution in [3.63, 3.8) is 0 Å². The summed E-state index contributed by atoms with van der Waals surface area (Å²) in [6, 6.07) is 1.63. The molecule has 0 saturated carbocycles. The molecule has 0 aromatic carbocycles. The number of nitrogens with one attached hydrogen (secondary N) is 1. The molecule has 0 saturated heterocycles. The molecular weight excluding hydrogens is 307 g/mol. The van der Waals surface area contributed by atoms with Crippen molar-refractivity contribution >= 4 is 46.3 Å². The second-order valence-corrected chi connectivity index (χ2v) is 5.28. The molecule has 1 N–H and O–H groups in total. The monoisotopic (exact) mass is 316 g/mol. The van der Waals surface area contributed by atoms with Crippen LogP contribution in [0.25, 0.3) is 0 Å². The minimum atomic E-state index is -0.291. The Kier molecular flexibility index (Phi) is 4.34. The SMILES string of the molecule is CCc1nnsc1C(=O)Nc1c(C)cc(Cl)nc1Cl. The van der Waals surface area contributed by atoms with Crippen molar-refractivity contribution in [2.24, 2.45) is 0 Å². The lowest BCUT2D eigenvalue weighted by Crippen LogP contribution is -2.14. The lowest BCUT2D eigenvalue weighted by atomic mass is 10.2. The minimum Gasteiger partial charge on any atom is -0.318 e. The molecule has 0 unspecified atom stereocenters. The van der Waals surface area contributed by atoms with E-state index in [4.69, 9.17) is 23.2 Å². The van der Waals surface area contributed by atoms with E-state index < -0.39 is 0 Å². The summed E-state index contributed by atoms with van der Waals surface area (Å²) in [7, 11) is 0. The van der Waals surface area contributed by atoms with Gasteiger partial charge in [0.25, 0.3) is 5.91 Å². The van der Waals surface area contributed by atoms with Gasteiger partial charge in [-0.3, -0.25) is 4.79 Å². The Hall–Kier alpha value is -1.24. The number of rotatable bonds is 3. The van der Waals surface area contributed by atoms with Crippen LogP contribution in [0.2, 0.25) is 10.3 Å². The van der Waals surface area contributed by atoms with Crippen LogP contribution in [0.15, 0.2) is 6.07 Å². The van der Waals surface area contributed by atoms with Crippen molar-refractivity contribution < 1.29 is 4.79 Å². The van der Waals surface area contributed by atoms with Crippen LogP contribution in [0.1, 0.15) is 27.9 Å². The first-order valence-electron chi connectivity index (χ1n) is 5.48. The van der Waals surface area contributed by atoms with Crippen LogP contribution in [0.4, 0.5) is 5.69 Å². The Balaban J connectivity index is 2.29. The van der Waals surface area contributed by atoms with E-state index in [0.29, 0.717) is 22.7 Å². The van der Waals surface area contributed by atoms with Gasteiger partial charge in [0.2, 0.25) is 0 Å². The van der Waals surface area contributed by atoms with Gasteiger partial charge in [0.15, 0.2) is 5.15 Å². The Bertz CT molecular complexity index is 606. The van der Waals surface area contributed by atoms with Gasteiger partial charge in [0.1, 0.15) is 10.0 Å². The summed E-state index contributed by atoms with van der Waals surface area (Å²) in [4.78, 5) is 16.5. The van der Waals surface area contributed by atoms with Gasteiger partial charge in [0.05, 0.1) is 11.4 Å². The Morgan fingerprint density at radius 3 is 2.84 bits per heavy atom. The molecule has 100 valence electrons. The van der Waals surface area contributed by atoms with Crippen LogP contribution in [0, 0.1) is 6.92 Å². The van der Waals surface area contributed by atoms with Crippen LogP contribution in [-0.4, -0.2) is 20.5 Å². The van der Waals surface area contributed by atoms with Crippen LogP contribution in [0.5, 0.6) is 0 Å². The van der Waals surface area contributed by atoms with Crippen molar-refractivity contribution in [3.8, 4) is 0 Å². The molecule has 0 atom stereocenters. The molecule has 2 aromatic heterocycles. The van der Waals surface area contributed by atoms with Gasteiger partial charge in [-0.05, 0) is 36.5 Å². The van der Waals surface area contributed by atoms with Crippen LogP contribution in [0.3, 0.4) is 0 Å². The molecule has 19 heavy (non-hydrogen) atoms. The van der Waals surface area contributed by atoms with E-state index >= 15 is 0 Å². The van der Waals surface area contributed by atoms with Gasteiger partial charge >= 0.3 is 0 Å². The average Bonchev–Trinajstić information content (AvgIpc) is 2.81. The van der Waals surface area contributed by atoms with Crippen LogP contribution in [-0.2, 0) is 6.42 Å². The average molecular weight is 317 g/mol. The van der Waals surface area contributed by atoms with Gasteiger partial charge in [-0.1, -0.05) is 34.6 Å². The van der Waals surface area contributed by atoms with E-state index in [1.165, 1.54) is 0 Å². The molecule has 2 aromatic rings. The smallest absolute Gasteiger partial charge is 0.269 e. The maximum atomic E-state index is 12.1. The summed E-state index contributed by atoms with van der Waals surface area (Å²) in [5.41, 5.74) is 1.86. The van der Waals surface area contributed by atoms with Gasteiger partial charge in [-0.15, -0.1) is 5.10 Å². The molecule has 2 rings (SSSR count). The molecule has 5 nitrogen and oxygen atoms in total. The topological polar surface area (TPSA) is 67.8 Å². The number of hydrogen-bond acceptors (Lipinski definition) is 5. The van der Waals surface area contributed by atoms with E-state index in [1.54, 1.807) is 13.0 Å². The maximum Gasteiger partial charge on any atom is 0.269 e. The number of halogens is 2. The molecule has 0 radical (unpaired) electrons. The summed E-state index contributed by atoms with van der Waals surface area (Å²) in [5.74, 6) is -0.291. The number of nitrogens with zero attached hydrogens (tertiary/aromatic N) is 3. The molecule has 0 aliphatic rings. The number of carbonyl (C=O) groups excluding carboxylic acids is 1. The maximum absolute atomic E-state index is 12.1. The number of amides is 1. The van der Waals surface area contributed by atoms with Crippen molar-refractivity contribution in [2.75, 3.05) is 5.32 Å². The first kappa shape index (κ1) is 14.2.